The molecule has 1 aromatic heterocycles. The zero-order valence-corrected chi connectivity index (χ0v) is 25.3. The molecule has 0 N–H and O–H groups in total. The summed E-state index contributed by atoms with van der Waals surface area (Å²) in [6.45, 7) is 7.50. The van der Waals surface area contributed by atoms with Crippen LogP contribution in [-0.4, -0.2) is 59.5 Å². The van der Waals surface area contributed by atoms with Crippen molar-refractivity contribution < 1.29 is 28.5 Å². The lowest BCUT2D eigenvalue weighted by Crippen LogP contribution is -2.48. The summed E-state index contributed by atoms with van der Waals surface area (Å²) in [6, 6.07) is 26.1. The maximum Gasteiger partial charge on any atom is 0.410 e. The molecule has 1 saturated heterocycles. The molecule has 1 aliphatic heterocycles. The quantitative estimate of drug-likeness (QED) is 0.160. The zero-order chi connectivity index (χ0) is 30.4. The third-order valence-electron chi connectivity index (χ3n) is 7.54. The van der Waals surface area contributed by atoms with Gasteiger partial charge < -0.3 is 28.4 Å². The van der Waals surface area contributed by atoms with E-state index in [1.165, 1.54) is 10.8 Å². The minimum atomic E-state index is -0.565. The van der Waals surface area contributed by atoms with Gasteiger partial charge in [0, 0.05) is 25.7 Å². The molecule has 2 unspecified atom stereocenters. The number of carbonyl (C=O) groups excluding carboxylic acids is 2. The Kier molecular flexibility index (Phi) is 9.36. The predicted octanol–water partition coefficient (Wildman–Crippen LogP) is 6.72. The lowest BCUT2D eigenvalue weighted by atomic mass is 9.87. The van der Waals surface area contributed by atoms with Gasteiger partial charge in [0.2, 0.25) is 0 Å². The van der Waals surface area contributed by atoms with Crippen LogP contribution in [0.25, 0.3) is 10.8 Å². The minimum absolute atomic E-state index is 0.0967. The van der Waals surface area contributed by atoms with E-state index in [1.54, 1.807) is 34.8 Å². The number of rotatable bonds is 9. The third-order valence-corrected chi connectivity index (χ3v) is 7.54. The van der Waals surface area contributed by atoms with Gasteiger partial charge in [0.05, 0.1) is 19.3 Å². The fourth-order valence-electron chi connectivity index (χ4n) is 5.34. The second-order valence-corrected chi connectivity index (χ2v) is 11.9. The Hall–Kier alpha value is -4.30. The van der Waals surface area contributed by atoms with Gasteiger partial charge in [-0.05, 0) is 79.4 Å². The van der Waals surface area contributed by atoms with Crippen molar-refractivity contribution in [1.82, 2.24) is 9.47 Å². The number of aryl methyl sites for hydroxylation is 1. The van der Waals surface area contributed by atoms with Crippen molar-refractivity contribution in [1.29, 1.82) is 0 Å². The number of amides is 1. The van der Waals surface area contributed by atoms with Crippen LogP contribution in [0.4, 0.5) is 4.79 Å². The van der Waals surface area contributed by atoms with E-state index in [1.807, 2.05) is 57.2 Å². The third kappa shape index (κ3) is 7.96. The van der Waals surface area contributed by atoms with Crippen LogP contribution in [0, 0.1) is 0 Å². The topological polar surface area (TPSA) is 79.2 Å². The fraction of sp³-hybridized carbons (Fsp3) is 0.371. The summed E-state index contributed by atoms with van der Waals surface area (Å²) in [5.41, 5.74) is 2.14. The van der Waals surface area contributed by atoms with Crippen molar-refractivity contribution in [2.45, 2.75) is 51.4 Å². The van der Waals surface area contributed by atoms with E-state index in [0.717, 1.165) is 17.5 Å². The van der Waals surface area contributed by atoms with E-state index < -0.39 is 5.60 Å². The zero-order valence-electron chi connectivity index (χ0n) is 25.3. The van der Waals surface area contributed by atoms with Crippen LogP contribution in [0.15, 0.2) is 85.1 Å². The van der Waals surface area contributed by atoms with Crippen molar-refractivity contribution in [3.63, 3.8) is 0 Å². The number of nitrogens with zero attached hydrogens (tertiary/aromatic N) is 2. The van der Waals surface area contributed by atoms with Gasteiger partial charge in [0.1, 0.15) is 30.3 Å². The largest absolute Gasteiger partial charge is 0.490 e. The first-order valence-corrected chi connectivity index (χ1v) is 14.7. The lowest BCUT2D eigenvalue weighted by Gasteiger charge is -2.39. The summed E-state index contributed by atoms with van der Waals surface area (Å²) in [7, 11) is 1.80. The molecule has 4 aromatic rings. The van der Waals surface area contributed by atoms with Gasteiger partial charge in [-0.3, -0.25) is 0 Å². The van der Waals surface area contributed by atoms with E-state index >= 15 is 0 Å². The number of aromatic nitrogens is 1. The number of piperidine rings is 1. The maximum atomic E-state index is 12.9. The van der Waals surface area contributed by atoms with Gasteiger partial charge in [-0.15, -0.1) is 0 Å². The fourth-order valence-corrected chi connectivity index (χ4v) is 5.34. The molecule has 226 valence electrons. The summed E-state index contributed by atoms with van der Waals surface area (Å²) in [5.74, 6) is 0.414. The van der Waals surface area contributed by atoms with Crippen molar-refractivity contribution >= 4 is 22.8 Å². The highest BCUT2D eigenvalue weighted by molar-refractivity contribution is 5.87. The van der Waals surface area contributed by atoms with Gasteiger partial charge in [-0.25, -0.2) is 9.59 Å². The Bertz CT molecular complexity index is 1540. The molecule has 0 saturated carbocycles. The average Bonchev–Trinajstić information content (AvgIpc) is 3.43. The van der Waals surface area contributed by atoms with Crippen LogP contribution in [0.1, 0.15) is 54.7 Å². The monoisotopic (exact) mass is 584 g/mol. The Balaban J connectivity index is 1.22. The first kappa shape index (κ1) is 30.2. The molecule has 3 aromatic carbocycles. The van der Waals surface area contributed by atoms with Gasteiger partial charge in [-0.2, -0.15) is 0 Å². The van der Waals surface area contributed by atoms with Crippen molar-refractivity contribution in [2.24, 2.45) is 7.05 Å². The van der Waals surface area contributed by atoms with E-state index in [0.29, 0.717) is 31.1 Å². The van der Waals surface area contributed by atoms with Gasteiger partial charge in [-0.1, -0.05) is 48.5 Å². The van der Waals surface area contributed by atoms with Gasteiger partial charge in [0.15, 0.2) is 0 Å². The van der Waals surface area contributed by atoms with E-state index in [-0.39, 0.29) is 37.3 Å². The van der Waals surface area contributed by atoms with Crippen LogP contribution < -0.4 is 4.74 Å². The second kappa shape index (κ2) is 13.3. The summed E-state index contributed by atoms with van der Waals surface area (Å²) in [5, 5.41) is 2.36. The number of hydrogen-bond acceptors (Lipinski definition) is 6. The average molecular weight is 585 g/mol. The second-order valence-electron chi connectivity index (χ2n) is 11.9. The van der Waals surface area contributed by atoms with Gasteiger partial charge in [0.25, 0.3) is 0 Å². The Morgan fingerprint density at radius 3 is 2.40 bits per heavy atom. The molecule has 43 heavy (non-hydrogen) atoms. The molecule has 1 amide bonds. The normalized spacial score (nSPS) is 17.1. The standard InChI is InChI=1S/C35H40N2O6/c1-35(2,3)43-34(39)37-19-17-30(32(23-37)42-24-25-11-12-26-8-5-6-9-28(26)22-25)27-13-15-29(16-14-27)40-20-21-41-33(38)31-10-7-18-36(31)4/h5-16,18,22,30,32H,17,19-21,23-24H2,1-4H3. The van der Waals surface area contributed by atoms with Crippen LogP contribution >= 0.6 is 0 Å². The summed E-state index contributed by atoms with van der Waals surface area (Å²) < 4.78 is 25.1. The highest BCUT2D eigenvalue weighted by Crippen LogP contribution is 2.33. The van der Waals surface area contributed by atoms with E-state index in [2.05, 4.69) is 30.3 Å². The van der Waals surface area contributed by atoms with Crippen LogP contribution in [-0.2, 0) is 27.9 Å². The first-order valence-electron chi connectivity index (χ1n) is 14.7. The molecule has 5 rings (SSSR count). The Morgan fingerprint density at radius 1 is 0.907 bits per heavy atom. The van der Waals surface area contributed by atoms with Crippen molar-refractivity contribution in [2.75, 3.05) is 26.3 Å². The van der Waals surface area contributed by atoms with Crippen molar-refractivity contribution in [3.05, 3.63) is 102 Å². The Morgan fingerprint density at radius 2 is 1.67 bits per heavy atom. The van der Waals surface area contributed by atoms with E-state index in [4.69, 9.17) is 18.9 Å². The highest BCUT2D eigenvalue weighted by atomic mass is 16.6. The number of fused-ring (bicyclic) bond motifs is 1. The number of esters is 1. The molecule has 0 spiro atoms. The molecule has 8 nitrogen and oxygen atoms in total. The molecule has 0 aliphatic carbocycles. The molecular formula is C35H40N2O6. The maximum absolute atomic E-state index is 12.9. The summed E-state index contributed by atoms with van der Waals surface area (Å²) in [4.78, 5) is 26.8. The molecule has 8 heteroatoms. The van der Waals surface area contributed by atoms with Crippen molar-refractivity contribution in [3.8, 4) is 5.75 Å². The van der Waals surface area contributed by atoms with Crippen LogP contribution in [0.2, 0.25) is 0 Å². The molecule has 0 bridgehead atoms. The molecule has 2 atom stereocenters. The number of hydrogen-bond donors (Lipinski definition) is 0. The summed E-state index contributed by atoms with van der Waals surface area (Å²) >= 11 is 0. The number of carbonyl (C=O) groups is 2. The molecular weight excluding hydrogens is 544 g/mol. The Labute approximate surface area is 253 Å². The predicted molar refractivity (Wildman–Crippen MR) is 165 cm³/mol. The lowest BCUT2D eigenvalue weighted by molar-refractivity contribution is -0.0359. The smallest absolute Gasteiger partial charge is 0.410 e. The van der Waals surface area contributed by atoms with Crippen LogP contribution in [0.5, 0.6) is 5.75 Å². The van der Waals surface area contributed by atoms with E-state index in [9.17, 15) is 9.59 Å². The number of ether oxygens (including phenoxy) is 4. The first-order chi connectivity index (χ1) is 20.7. The molecule has 2 heterocycles. The van der Waals surface area contributed by atoms with Gasteiger partial charge >= 0.3 is 12.1 Å². The minimum Gasteiger partial charge on any atom is -0.490 e. The number of benzene rings is 3. The SMILES string of the molecule is Cn1cccc1C(=O)OCCOc1ccc(C2CCN(C(=O)OC(C)(C)C)CC2OCc2ccc3ccccc3c2)cc1. The van der Waals surface area contributed by atoms with Crippen LogP contribution in [0.3, 0.4) is 0 Å². The highest BCUT2D eigenvalue weighted by Gasteiger charge is 2.35. The number of likely N-dealkylation sites (tertiary alicyclic amines) is 1. The molecule has 0 radical (unpaired) electrons. The summed E-state index contributed by atoms with van der Waals surface area (Å²) in [6.07, 6.45) is 2.02. The molecule has 1 fully saturated rings. The molecule has 1 aliphatic rings.